The number of amides is 1. The number of carbonyl (C=O) groups is 1. The molecule has 0 saturated carbocycles. The largest absolute Gasteiger partial charge is 0.427 e. The second kappa shape index (κ2) is 5.12. The first kappa shape index (κ1) is 15.4. The van der Waals surface area contributed by atoms with Crippen LogP contribution in [0.3, 0.4) is 0 Å². The molecule has 3 nitrogen and oxygen atoms in total. The summed E-state index contributed by atoms with van der Waals surface area (Å²) in [4.78, 5) is 10.7. The van der Waals surface area contributed by atoms with Gasteiger partial charge in [0.2, 0.25) is 11.5 Å². The van der Waals surface area contributed by atoms with Crippen molar-refractivity contribution in [3.05, 3.63) is 29.8 Å². The standard InChI is InChI=1S/C11H10F5NO2/c1-6(18)17-8-4-2-7(3-5-8)10(19,9(12)13)11(14,15)16/h2-5,9,19H,1H3,(H,17,18)/t10-/m0/s1. The van der Waals surface area contributed by atoms with E-state index in [1.54, 1.807) is 0 Å². The minimum absolute atomic E-state index is 0.134. The zero-order chi connectivity index (χ0) is 14.8. The summed E-state index contributed by atoms with van der Waals surface area (Å²) < 4.78 is 62.7. The van der Waals surface area contributed by atoms with Gasteiger partial charge < -0.3 is 10.4 Å². The second-order valence-corrected chi connectivity index (χ2v) is 3.82. The predicted octanol–water partition coefficient (Wildman–Crippen LogP) is 2.66. The van der Waals surface area contributed by atoms with E-state index in [-0.39, 0.29) is 5.69 Å². The monoisotopic (exact) mass is 283 g/mol. The van der Waals surface area contributed by atoms with Crippen LogP contribution >= 0.6 is 0 Å². The molecule has 19 heavy (non-hydrogen) atoms. The Morgan fingerprint density at radius 2 is 1.68 bits per heavy atom. The number of nitrogens with one attached hydrogen (secondary N) is 1. The van der Waals surface area contributed by atoms with Gasteiger partial charge in [0, 0.05) is 12.6 Å². The molecule has 0 heterocycles. The third-order valence-electron chi connectivity index (χ3n) is 2.39. The van der Waals surface area contributed by atoms with Gasteiger partial charge in [-0.1, -0.05) is 12.1 Å². The van der Waals surface area contributed by atoms with Crippen LogP contribution in [0.15, 0.2) is 24.3 Å². The lowest BCUT2D eigenvalue weighted by Gasteiger charge is -2.30. The van der Waals surface area contributed by atoms with Gasteiger partial charge >= 0.3 is 6.18 Å². The van der Waals surface area contributed by atoms with Crippen LogP contribution in [-0.2, 0) is 10.4 Å². The fourth-order valence-electron chi connectivity index (χ4n) is 1.42. The molecule has 106 valence electrons. The first-order chi connectivity index (χ1) is 8.59. The Balaban J connectivity index is 3.16. The van der Waals surface area contributed by atoms with Crippen molar-refractivity contribution >= 4 is 11.6 Å². The second-order valence-electron chi connectivity index (χ2n) is 3.82. The van der Waals surface area contributed by atoms with Gasteiger partial charge in [0.1, 0.15) is 0 Å². The average Bonchev–Trinajstić information content (AvgIpc) is 2.26. The Morgan fingerprint density at radius 3 is 2.00 bits per heavy atom. The minimum atomic E-state index is -5.52. The topological polar surface area (TPSA) is 49.3 Å². The number of aliphatic hydroxyl groups is 1. The van der Waals surface area contributed by atoms with E-state index < -0.39 is 29.7 Å². The molecule has 1 rings (SSSR count). The van der Waals surface area contributed by atoms with E-state index in [1.165, 1.54) is 6.92 Å². The molecule has 0 aliphatic heterocycles. The number of halogens is 5. The maximum absolute atomic E-state index is 12.6. The van der Waals surface area contributed by atoms with Crippen LogP contribution in [0.2, 0.25) is 0 Å². The van der Waals surface area contributed by atoms with Crippen LogP contribution in [0.25, 0.3) is 0 Å². The average molecular weight is 283 g/mol. The Morgan fingerprint density at radius 1 is 1.21 bits per heavy atom. The van der Waals surface area contributed by atoms with Crippen molar-refractivity contribution in [2.45, 2.75) is 25.1 Å². The van der Waals surface area contributed by atoms with E-state index in [4.69, 9.17) is 0 Å². The van der Waals surface area contributed by atoms with Crippen LogP contribution in [0.5, 0.6) is 0 Å². The highest BCUT2D eigenvalue weighted by Crippen LogP contribution is 2.43. The number of alkyl halides is 5. The molecule has 1 aromatic rings. The molecule has 0 aromatic heterocycles. The van der Waals surface area contributed by atoms with Crippen molar-refractivity contribution in [2.24, 2.45) is 0 Å². The first-order valence-corrected chi connectivity index (χ1v) is 5.04. The lowest BCUT2D eigenvalue weighted by molar-refractivity contribution is -0.305. The molecule has 0 unspecified atom stereocenters. The normalized spacial score (nSPS) is 15.2. The Bertz CT molecular complexity index is 457. The van der Waals surface area contributed by atoms with Crippen LogP contribution in [-0.4, -0.2) is 23.6 Å². The summed E-state index contributed by atoms with van der Waals surface area (Å²) in [7, 11) is 0. The minimum Gasteiger partial charge on any atom is -0.372 e. The Kier molecular flexibility index (Phi) is 4.14. The maximum Gasteiger partial charge on any atom is 0.427 e. The molecule has 2 N–H and O–H groups in total. The van der Waals surface area contributed by atoms with Gasteiger partial charge in [0.05, 0.1) is 0 Å². The summed E-state index contributed by atoms with van der Waals surface area (Å²) in [6.07, 6.45) is -9.55. The Hall–Kier alpha value is -1.70. The van der Waals surface area contributed by atoms with E-state index in [1.807, 2.05) is 0 Å². The van der Waals surface area contributed by atoms with Gasteiger partial charge in [-0.2, -0.15) is 13.2 Å². The lowest BCUT2D eigenvalue weighted by Crippen LogP contribution is -2.48. The molecular weight excluding hydrogens is 273 g/mol. The molecule has 0 fully saturated rings. The number of hydrogen-bond donors (Lipinski definition) is 2. The number of carbonyl (C=O) groups excluding carboxylic acids is 1. The highest BCUT2D eigenvalue weighted by atomic mass is 19.4. The quantitative estimate of drug-likeness (QED) is 0.838. The van der Waals surface area contributed by atoms with E-state index in [0.29, 0.717) is 12.1 Å². The molecule has 1 amide bonds. The molecule has 0 spiro atoms. The predicted molar refractivity (Wildman–Crippen MR) is 56.7 cm³/mol. The van der Waals surface area contributed by atoms with Crippen molar-refractivity contribution in [3.63, 3.8) is 0 Å². The maximum atomic E-state index is 12.6. The summed E-state index contributed by atoms with van der Waals surface area (Å²) in [6.45, 7) is 1.18. The molecule has 1 aromatic carbocycles. The highest BCUT2D eigenvalue weighted by molar-refractivity contribution is 5.88. The van der Waals surface area contributed by atoms with Crippen molar-refractivity contribution < 1.29 is 31.9 Å². The van der Waals surface area contributed by atoms with Gasteiger partial charge in [-0.15, -0.1) is 0 Å². The number of hydrogen-bond acceptors (Lipinski definition) is 2. The third-order valence-corrected chi connectivity index (χ3v) is 2.39. The fourth-order valence-corrected chi connectivity index (χ4v) is 1.42. The van der Waals surface area contributed by atoms with Crippen LogP contribution < -0.4 is 5.32 Å². The van der Waals surface area contributed by atoms with Gasteiger partial charge in [-0.25, -0.2) is 8.78 Å². The van der Waals surface area contributed by atoms with Crippen LogP contribution in [0.1, 0.15) is 12.5 Å². The summed E-state index contributed by atoms with van der Waals surface area (Å²) in [5.74, 6) is -0.465. The summed E-state index contributed by atoms with van der Waals surface area (Å²) in [5.41, 5.74) is -5.10. The number of anilines is 1. The lowest BCUT2D eigenvalue weighted by atomic mass is 9.93. The van der Waals surface area contributed by atoms with Gasteiger partial charge in [-0.05, 0) is 17.7 Å². The SMILES string of the molecule is CC(=O)Nc1ccc([C@](O)(C(F)F)C(F)(F)F)cc1. The van der Waals surface area contributed by atoms with E-state index in [2.05, 4.69) is 5.32 Å². The van der Waals surface area contributed by atoms with Gasteiger partial charge in [0.15, 0.2) is 0 Å². The summed E-state index contributed by atoms with van der Waals surface area (Å²) >= 11 is 0. The van der Waals surface area contributed by atoms with E-state index >= 15 is 0 Å². The number of benzene rings is 1. The van der Waals surface area contributed by atoms with E-state index in [9.17, 15) is 31.9 Å². The molecule has 0 bridgehead atoms. The van der Waals surface area contributed by atoms with Crippen molar-refractivity contribution in [3.8, 4) is 0 Å². The van der Waals surface area contributed by atoms with Gasteiger partial charge in [-0.3, -0.25) is 4.79 Å². The van der Waals surface area contributed by atoms with Crippen molar-refractivity contribution in [2.75, 3.05) is 5.32 Å². The smallest absolute Gasteiger partial charge is 0.372 e. The van der Waals surface area contributed by atoms with Gasteiger partial charge in [0.25, 0.3) is 6.43 Å². The molecule has 0 aliphatic carbocycles. The molecule has 0 saturated heterocycles. The molecule has 0 aliphatic rings. The van der Waals surface area contributed by atoms with E-state index in [0.717, 1.165) is 12.1 Å². The van der Waals surface area contributed by atoms with Crippen molar-refractivity contribution in [1.82, 2.24) is 0 Å². The fraction of sp³-hybridized carbons (Fsp3) is 0.364. The third kappa shape index (κ3) is 3.01. The number of rotatable bonds is 3. The zero-order valence-corrected chi connectivity index (χ0v) is 9.63. The first-order valence-electron chi connectivity index (χ1n) is 5.04. The zero-order valence-electron chi connectivity index (χ0n) is 9.63. The molecule has 0 radical (unpaired) electrons. The molecule has 1 atom stereocenters. The Labute approximate surface area is 105 Å². The summed E-state index contributed by atoms with van der Waals surface area (Å²) in [6, 6.07) is 3.36. The molecular formula is C11H10F5NO2. The van der Waals surface area contributed by atoms with Crippen LogP contribution in [0, 0.1) is 0 Å². The van der Waals surface area contributed by atoms with Crippen molar-refractivity contribution in [1.29, 1.82) is 0 Å². The molecule has 8 heteroatoms. The van der Waals surface area contributed by atoms with Crippen LogP contribution in [0.4, 0.5) is 27.6 Å². The summed E-state index contributed by atoms with van der Waals surface area (Å²) in [5, 5.41) is 11.5. The highest BCUT2D eigenvalue weighted by Gasteiger charge is 2.61.